The van der Waals surface area contributed by atoms with Gasteiger partial charge in [0.25, 0.3) is 0 Å². The van der Waals surface area contributed by atoms with Gasteiger partial charge in [-0.3, -0.25) is 9.59 Å². The highest BCUT2D eigenvalue weighted by atomic mass is 16.7. The van der Waals surface area contributed by atoms with Crippen molar-refractivity contribution in [3.63, 3.8) is 0 Å². The predicted molar refractivity (Wildman–Crippen MR) is 370 cm³/mol. The average molecular weight is 1200 g/mol. The van der Waals surface area contributed by atoms with Crippen LogP contribution in [0, 0.1) is 0 Å². The van der Waals surface area contributed by atoms with E-state index in [-0.39, 0.29) is 38.6 Å². The molecule has 9 nitrogen and oxygen atoms in total. The zero-order valence-electron chi connectivity index (χ0n) is 55.8. The first-order valence-corrected chi connectivity index (χ1v) is 34.3. The molecule has 0 aliphatic rings. The van der Waals surface area contributed by atoms with E-state index >= 15 is 0 Å². The van der Waals surface area contributed by atoms with E-state index in [1.54, 1.807) is 0 Å². The Hall–Kier alpha value is -5.35. The number of rotatable bonds is 61. The lowest BCUT2D eigenvalue weighted by molar-refractivity contribution is -0.870. The molecule has 0 heterocycles. The van der Waals surface area contributed by atoms with Crippen molar-refractivity contribution < 1.29 is 42.9 Å². The summed E-state index contributed by atoms with van der Waals surface area (Å²) in [6.45, 7) is 4.49. The van der Waals surface area contributed by atoms with Crippen LogP contribution in [-0.2, 0) is 33.3 Å². The summed E-state index contributed by atoms with van der Waals surface area (Å²) in [5.74, 6) is -2.32. The number of esters is 2. The molecular weight excluding hydrogens is 1080 g/mol. The minimum absolute atomic E-state index is 0.136. The molecular formula is C78H125NO8. The second-order valence-corrected chi connectivity index (χ2v) is 23.3. The minimum atomic E-state index is -1.64. The Bertz CT molecular complexity index is 2030. The van der Waals surface area contributed by atoms with E-state index in [0.717, 1.165) is 148 Å². The molecule has 0 bridgehead atoms. The van der Waals surface area contributed by atoms with Gasteiger partial charge in [-0.05, 0) is 128 Å². The maximum atomic E-state index is 12.9. The molecule has 0 radical (unpaired) electrons. The number of quaternary nitrogens is 1. The molecule has 0 saturated carbocycles. The number of ether oxygens (including phenoxy) is 4. The number of carbonyl (C=O) groups is 3. The second-order valence-electron chi connectivity index (χ2n) is 23.3. The number of carboxylic acids is 1. The number of unbranched alkanes of at least 4 members (excludes halogenated alkanes) is 18. The fourth-order valence-electron chi connectivity index (χ4n) is 8.79. The van der Waals surface area contributed by atoms with Gasteiger partial charge < -0.3 is 33.3 Å². The maximum Gasteiger partial charge on any atom is 0.306 e. The third-order valence-electron chi connectivity index (χ3n) is 14.0. The number of carboxylic acid groups (broad SMARTS) is 1. The fraction of sp³-hybridized carbons (Fsp3) is 0.603. The summed E-state index contributed by atoms with van der Waals surface area (Å²) < 4.78 is 22.8. The fourth-order valence-corrected chi connectivity index (χ4v) is 8.79. The second kappa shape index (κ2) is 66.6. The third kappa shape index (κ3) is 68.0. The molecule has 0 aliphatic heterocycles. The van der Waals surface area contributed by atoms with Crippen LogP contribution < -0.4 is 5.11 Å². The normalized spacial score (nSPS) is 13.8. The highest BCUT2D eigenvalue weighted by Gasteiger charge is 2.22. The lowest BCUT2D eigenvalue weighted by Crippen LogP contribution is -2.44. The molecule has 0 rings (SSSR count). The number of allylic oxidation sites excluding steroid dienone is 28. The molecule has 9 heteroatoms. The van der Waals surface area contributed by atoms with Gasteiger partial charge in [0.15, 0.2) is 12.4 Å². The quantitative estimate of drug-likeness (QED) is 0.0195. The van der Waals surface area contributed by atoms with Gasteiger partial charge >= 0.3 is 11.9 Å². The summed E-state index contributed by atoms with van der Waals surface area (Å²) in [5, 5.41) is 11.8. The van der Waals surface area contributed by atoms with E-state index in [1.165, 1.54) is 64.2 Å². The standard InChI is InChI=1S/C78H125NO8/c1-6-8-10-12-14-16-18-20-22-24-26-28-30-32-34-36-37-38-39-41-43-45-47-49-51-53-55-57-59-61-63-65-67-69-76(81)87-74(73-86-78(77(82)83)84-71-70-79(3,4)5)72-85-75(80)68-66-64-62-60-58-56-54-52-50-48-46-44-42-40-35-33-31-29-27-25-23-21-19-17-15-13-11-9-7-2/h8-11,14-17,20-23,26-29,32-35,37-38,41-44,47,49,74,78H,6-7,12-13,18-19,24-25,30-31,36,39-40,45-46,48,50-73H2,1-5H3/b10-8-,11-9-,16-14-,17-15-,22-20-,23-21-,28-26-,29-27-,34-32-,35-33-,38-37-,43-41-,44-42-,49-47-. The van der Waals surface area contributed by atoms with Crippen LogP contribution in [0.15, 0.2) is 170 Å². The van der Waals surface area contributed by atoms with Crippen molar-refractivity contribution in [2.45, 2.75) is 257 Å². The molecule has 0 saturated heterocycles. The topological polar surface area (TPSA) is 111 Å². The smallest absolute Gasteiger partial charge is 0.306 e. The zero-order valence-corrected chi connectivity index (χ0v) is 55.8. The average Bonchev–Trinajstić information content (AvgIpc) is 3.59. The molecule has 0 N–H and O–H groups in total. The van der Waals surface area contributed by atoms with Gasteiger partial charge in [0.05, 0.1) is 40.3 Å². The molecule has 0 fully saturated rings. The van der Waals surface area contributed by atoms with Crippen molar-refractivity contribution in [3.05, 3.63) is 170 Å². The third-order valence-corrected chi connectivity index (χ3v) is 14.0. The number of likely N-dealkylation sites (N-methyl/N-ethyl adjacent to an activating group) is 1. The lowest BCUT2D eigenvalue weighted by Gasteiger charge is -2.26. The van der Waals surface area contributed by atoms with Crippen molar-refractivity contribution in [2.75, 3.05) is 47.5 Å². The Morgan fingerprint density at radius 3 is 0.920 bits per heavy atom. The Morgan fingerprint density at radius 2 is 0.621 bits per heavy atom. The Kier molecular flexibility index (Phi) is 62.5. The first kappa shape index (κ1) is 81.7. The van der Waals surface area contributed by atoms with Gasteiger partial charge in [-0.15, -0.1) is 0 Å². The SMILES string of the molecule is CC/C=C\C/C=C\C/C=C\C/C=C\C/C=C\C/C=C\C/C=C\C/C=C\CCCCCCCCCCC(=O)OC(COC(=O)CCCCCCCCCCCC/C=C\C/C=C\C/C=C\C/C=C\C/C=C\C/C=C\CC)COC(OCC[N+](C)(C)C)C(=O)[O-]. The minimum Gasteiger partial charge on any atom is -0.545 e. The Balaban J connectivity index is 4.23. The maximum absolute atomic E-state index is 12.9. The number of hydrogen-bond donors (Lipinski definition) is 0. The van der Waals surface area contributed by atoms with E-state index < -0.39 is 24.3 Å². The summed E-state index contributed by atoms with van der Waals surface area (Å²) in [6.07, 6.45) is 97.0. The Morgan fingerprint density at radius 1 is 0.345 bits per heavy atom. The predicted octanol–water partition coefficient (Wildman–Crippen LogP) is 20.1. The van der Waals surface area contributed by atoms with Crippen LogP contribution in [-0.4, -0.2) is 82.3 Å². The molecule has 0 aromatic rings. The van der Waals surface area contributed by atoms with Crippen molar-refractivity contribution in [3.8, 4) is 0 Å². The van der Waals surface area contributed by atoms with Gasteiger partial charge in [0, 0.05) is 12.8 Å². The van der Waals surface area contributed by atoms with Gasteiger partial charge in [-0.25, -0.2) is 0 Å². The van der Waals surface area contributed by atoms with Crippen LogP contribution in [0.4, 0.5) is 0 Å². The van der Waals surface area contributed by atoms with Gasteiger partial charge in [0.1, 0.15) is 13.2 Å². The van der Waals surface area contributed by atoms with Crippen LogP contribution in [0.1, 0.15) is 245 Å². The number of aliphatic carboxylic acids is 1. The number of carbonyl (C=O) groups excluding carboxylic acids is 3. The lowest BCUT2D eigenvalue weighted by atomic mass is 10.1. The summed E-state index contributed by atoms with van der Waals surface area (Å²) in [6, 6.07) is 0. The summed E-state index contributed by atoms with van der Waals surface area (Å²) in [4.78, 5) is 37.5. The number of nitrogens with zero attached hydrogens (tertiary/aromatic N) is 1. The molecule has 0 spiro atoms. The van der Waals surface area contributed by atoms with Gasteiger partial charge in [0.2, 0.25) is 0 Å². The van der Waals surface area contributed by atoms with Crippen molar-refractivity contribution in [1.29, 1.82) is 0 Å². The van der Waals surface area contributed by atoms with Crippen molar-refractivity contribution in [2.24, 2.45) is 0 Å². The molecule has 0 aromatic heterocycles. The monoisotopic (exact) mass is 1200 g/mol. The highest BCUT2D eigenvalue weighted by Crippen LogP contribution is 2.15. The number of hydrogen-bond acceptors (Lipinski definition) is 8. The highest BCUT2D eigenvalue weighted by molar-refractivity contribution is 5.70. The largest absolute Gasteiger partial charge is 0.545 e. The van der Waals surface area contributed by atoms with Crippen molar-refractivity contribution >= 4 is 17.9 Å². The molecule has 2 unspecified atom stereocenters. The molecule has 490 valence electrons. The molecule has 0 aliphatic carbocycles. The van der Waals surface area contributed by atoms with Crippen molar-refractivity contribution in [1.82, 2.24) is 0 Å². The van der Waals surface area contributed by atoms with Crippen LogP contribution in [0.3, 0.4) is 0 Å². The van der Waals surface area contributed by atoms with Gasteiger partial charge in [-0.2, -0.15) is 0 Å². The molecule has 0 amide bonds. The first-order chi connectivity index (χ1) is 42.6. The van der Waals surface area contributed by atoms with E-state index in [2.05, 4.69) is 184 Å². The molecule has 2 atom stereocenters. The van der Waals surface area contributed by atoms with Gasteiger partial charge in [-0.1, -0.05) is 274 Å². The van der Waals surface area contributed by atoms with E-state index in [4.69, 9.17) is 18.9 Å². The first-order valence-electron chi connectivity index (χ1n) is 34.3. The van der Waals surface area contributed by atoms with Crippen LogP contribution in [0.5, 0.6) is 0 Å². The van der Waals surface area contributed by atoms with Crippen LogP contribution in [0.25, 0.3) is 0 Å². The summed E-state index contributed by atoms with van der Waals surface area (Å²) in [7, 11) is 5.91. The molecule has 0 aromatic carbocycles. The van der Waals surface area contributed by atoms with E-state index in [9.17, 15) is 19.5 Å². The van der Waals surface area contributed by atoms with Crippen LogP contribution >= 0.6 is 0 Å². The van der Waals surface area contributed by atoms with E-state index in [1.807, 2.05) is 21.1 Å². The van der Waals surface area contributed by atoms with E-state index in [0.29, 0.717) is 17.4 Å². The zero-order chi connectivity index (χ0) is 63.3. The summed E-state index contributed by atoms with van der Waals surface area (Å²) in [5.41, 5.74) is 0. The Labute approximate surface area is 533 Å². The van der Waals surface area contributed by atoms with Crippen LogP contribution in [0.2, 0.25) is 0 Å². The molecule has 87 heavy (non-hydrogen) atoms. The summed E-state index contributed by atoms with van der Waals surface area (Å²) >= 11 is 0.